The molecule has 1 heterocycles. The maximum absolute atomic E-state index is 12.3. The zero-order valence-corrected chi connectivity index (χ0v) is 28.4. The number of benzene rings is 5. The summed E-state index contributed by atoms with van der Waals surface area (Å²) in [5.74, 6) is -0.246. The molecule has 8 bridgehead atoms. The van der Waals surface area contributed by atoms with Crippen LogP contribution in [0, 0.1) is 6.92 Å². The van der Waals surface area contributed by atoms with Gasteiger partial charge in [0.15, 0.2) is 0 Å². The average Bonchev–Trinajstić information content (AvgIpc) is 3.07. The number of aromatic nitrogens is 1. The third kappa shape index (κ3) is 6.29. The molecule has 1 aliphatic rings. The molecule has 0 atom stereocenters. The number of aryl methyl sites for hydroxylation is 2. The lowest BCUT2D eigenvalue weighted by Gasteiger charge is -2.18. The molecule has 0 amide bonds. The van der Waals surface area contributed by atoms with Crippen LogP contribution in [0.3, 0.4) is 0 Å². The summed E-state index contributed by atoms with van der Waals surface area (Å²) in [6.45, 7) is 1.87. The molecule has 7 rings (SSSR count). The summed E-state index contributed by atoms with van der Waals surface area (Å²) in [5.41, 5.74) is 7.11. The van der Waals surface area contributed by atoms with E-state index in [4.69, 9.17) is 0 Å². The molecule has 252 valence electrons. The number of hydrogen-bond donors (Lipinski definition) is 5. The van der Waals surface area contributed by atoms with Crippen LogP contribution in [-0.4, -0.2) is 33.4 Å². The van der Waals surface area contributed by atoms with Crippen LogP contribution in [0.5, 0.6) is 23.0 Å². The summed E-state index contributed by atoms with van der Waals surface area (Å²) in [4.78, 5) is -0.401. The lowest BCUT2D eigenvalue weighted by Crippen LogP contribution is -2.32. The lowest BCUT2D eigenvalue weighted by molar-refractivity contribution is -0.646. The zero-order valence-electron chi connectivity index (χ0n) is 27.6. The number of phenols is 4. The minimum absolute atomic E-state index is 0.0441. The van der Waals surface area contributed by atoms with E-state index in [0.29, 0.717) is 33.4 Å². The third-order valence-corrected chi connectivity index (χ3v) is 10.4. The van der Waals surface area contributed by atoms with Gasteiger partial charge >= 0.3 is 0 Å². The first-order valence-corrected chi connectivity index (χ1v) is 17.6. The maximum atomic E-state index is 12.3. The second-order valence-corrected chi connectivity index (χ2v) is 14.4. The van der Waals surface area contributed by atoms with Crippen molar-refractivity contribution in [3.8, 4) is 23.0 Å². The lowest BCUT2D eigenvalue weighted by atomic mass is 9.90. The van der Waals surface area contributed by atoms with Gasteiger partial charge < -0.3 is 20.4 Å². The van der Waals surface area contributed by atoms with Crippen LogP contribution in [0.15, 0.2) is 95.9 Å². The highest BCUT2D eigenvalue weighted by molar-refractivity contribution is 7.85. The Bertz CT molecular complexity index is 2490. The first-order chi connectivity index (χ1) is 23.9. The molecular weight excluding hydrogens is 651 g/mol. The molecule has 1 aliphatic carbocycles. The van der Waals surface area contributed by atoms with E-state index in [9.17, 15) is 33.4 Å². The SMILES string of the molecule is Cc1cc2c(O)c(c1)Cc1cc(S(=O)(=O)O)cc(c1O)Cc1cccc(c1O)Cc1cc(/C=C/c3ccc4ccccc4[n+]3C)cc(c1O)C2. The minimum Gasteiger partial charge on any atom is -0.507 e. The number of aromatic hydroxyl groups is 4. The van der Waals surface area contributed by atoms with Crippen molar-refractivity contribution in [2.24, 2.45) is 7.05 Å². The Kier molecular flexibility index (Phi) is 8.33. The number of fused-ring (bicyclic) bond motifs is 9. The molecule has 0 unspecified atom stereocenters. The summed E-state index contributed by atoms with van der Waals surface area (Å²) in [6.07, 6.45) is 4.23. The fourth-order valence-corrected chi connectivity index (χ4v) is 7.54. The molecular formula is C41H36NO7S+. The molecule has 0 saturated carbocycles. The standard InChI is InChI=1S/C41H35NO7S/c1-24-14-29-20-32-17-25(10-12-35-13-11-26-6-3-4-9-37(26)42(35)2)16-31(40(32)45)18-27-7-5-8-28(38(27)43)19-33-22-36(50(47,48)49)23-34(41(33)46)21-30(15-24)39(29)44/h3-17,22-23H,18-21H2,1-2H3,(H4,43,44,46,47,48,49)/p+1. The molecule has 0 radical (unpaired) electrons. The van der Waals surface area contributed by atoms with E-state index < -0.39 is 15.0 Å². The highest BCUT2D eigenvalue weighted by Crippen LogP contribution is 2.39. The van der Waals surface area contributed by atoms with Crippen LogP contribution in [0.2, 0.25) is 0 Å². The molecule has 1 aromatic heterocycles. The van der Waals surface area contributed by atoms with Crippen molar-refractivity contribution in [2.45, 2.75) is 37.5 Å². The molecule has 8 nitrogen and oxygen atoms in total. The van der Waals surface area contributed by atoms with Gasteiger partial charge in [-0.05, 0) is 88.3 Å². The predicted molar refractivity (Wildman–Crippen MR) is 192 cm³/mol. The van der Waals surface area contributed by atoms with Crippen LogP contribution < -0.4 is 4.57 Å². The second-order valence-electron chi connectivity index (χ2n) is 13.0. The van der Waals surface area contributed by atoms with Crippen LogP contribution in [0.4, 0.5) is 0 Å². The first kappa shape index (κ1) is 32.9. The van der Waals surface area contributed by atoms with Gasteiger partial charge in [0.2, 0.25) is 11.2 Å². The van der Waals surface area contributed by atoms with Crippen molar-refractivity contribution >= 4 is 33.2 Å². The Balaban J connectivity index is 1.40. The van der Waals surface area contributed by atoms with Gasteiger partial charge in [-0.1, -0.05) is 48.0 Å². The molecule has 0 aliphatic heterocycles. The van der Waals surface area contributed by atoms with Gasteiger partial charge in [0.1, 0.15) is 30.0 Å². The highest BCUT2D eigenvalue weighted by Gasteiger charge is 2.22. The Hall–Kier alpha value is -5.64. The van der Waals surface area contributed by atoms with Crippen molar-refractivity contribution in [3.63, 3.8) is 0 Å². The normalized spacial score (nSPS) is 13.2. The summed E-state index contributed by atoms with van der Waals surface area (Å²) in [5, 5.41) is 47.2. The van der Waals surface area contributed by atoms with Crippen LogP contribution in [-0.2, 0) is 42.8 Å². The van der Waals surface area contributed by atoms with Gasteiger partial charge in [-0.25, -0.2) is 0 Å². The number of nitrogens with zero attached hydrogens (tertiary/aromatic N) is 1. The Morgan fingerprint density at radius 1 is 0.580 bits per heavy atom. The third-order valence-electron chi connectivity index (χ3n) is 9.53. The van der Waals surface area contributed by atoms with E-state index in [1.807, 2.05) is 62.5 Å². The van der Waals surface area contributed by atoms with Crippen molar-refractivity contribution in [2.75, 3.05) is 0 Å². The van der Waals surface area contributed by atoms with Gasteiger partial charge in [0.25, 0.3) is 10.1 Å². The van der Waals surface area contributed by atoms with Gasteiger partial charge in [-0.2, -0.15) is 13.0 Å². The van der Waals surface area contributed by atoms with Crippen molar-refractivity contribution in [1.29, 1.82) is 0 Å². The molecule has 0 spiro atoms. The van der Waals surface area contributed by atoms with Crippen molar-refractivity contribution < 1.29 is 38.0 Å². The first-order valence-electron chi connectivity index (χ1n) is 16.2. The number of hydrogen-bond acceptors (Lipinski definition) is 6. The molecule has 5 N–H and O–H groups in total. The quantitative estimate of drug-likeness (QED) is 0.101. The molecule has 9 heteroatoms. The molecule has 0 saturated heterocycles. The van der Waals surface area contributed by atoms with E-state index in [1.165, 1.54) is 12.1 Å². The highest BCUT2D eigenvalue weighted by atomic mass is 32.2. The maximum Gasteiger partial charge on any atom is 0.294 e. The Morgan fingerprint density at radius 3 is 1.62 bits per heavy atom. The van der Waals surface area contributed by atoms with Crippen molar-refractivity contribution in [3.05, 3.63) is 152 Å². The van der Waals surface area contributed by atoms with E-state index in [-0.39, 0.29) is 59.8 Å². The number of phenolic OH excluding ortho intramolecular Hbond substituents is 4. The number of para-hydroxylation sites is 2. The molecule has 5 aromatic carbocycles. The van der Waals surface area contributed by atoms with E-state index in [1.54, 1.807) is 24.3 Å². The smallest absolute Gasteiger partial charge is 0.294 e. The topological polar surface area (TPSA) is 139 Å². The minimum atomic E-state index is -4.65. The van der Waals surface area contributed by atoms with E-state index in [0.717, 1.165) is 27.7 Å². The monoisotopic (exact) mass is 686 g/mol. The summed E-state index contributed by atoms with van der Waals surface area (Å²) >= 11 is 0. The molecule has 50 heavy (non-hydrogen) atoms. The average molecular weight is 687 g/mol. The largest absolute Gasteiger partial charge is 0.507 e. The van der Waals surface area contributed by atoms with Crippen molar-refractivity contribution in [1.82, 2.24) is 0 Å². The van der Waals surface area contributed by atoms with E-state index >= 15 is 0 Å². The molecule has 6 aromatic rings. The van der Waals surface area contributed by atoms with Gasteiger partial charge in [-0.3, -0.25) is 4.55 Å². The van der Waals surface area contributed by atoms with E-state index in [2.05, 4.69) is 22.8 Å². The zero-order chi connectivity index (χ0) is 35.3. The number of pyridine rings is 1. The van der Waals surface area contributed by atoms with Gasteiger partial charge in [0.05, 0.1) is 4.90 Å². The summed E-state index contributed by atoms with van der Waals surface area (Å²) in [7, 11) is -2.63. The van der Waals surface area contributed by atoms with Gasteiger partial charge in [-0.15, -0.1) is 0 Å². The summed E-state index contributed by atoms with van der Waals surface area (Å²) < 4.78 is 36.6. The van der Waals surface area contributed by atoms with Crippen LogP contribution >= 0.6 is 0 Å². The fraction of sp³-hybridized carbons (Fsp3) is 0.146. The Labute approximate surface area is 290 Å². The van der Waals surface area contributed by atoms with Gasteiger partial charge in [0, 0.05) is 60.4 Å². The fourth-order valence-electron chi connectivity index (χ4n) is 6.96. The predicted octanol–water partition coefficient (Wildman–Crippen LogP) is 6.89. The second kappa shape index (κ2) is 12.7. The van der Waals surface area contributed by atoms with Crippen LogP contribution in [0.1, 0.15) is 61.3 Å². The van der Waals surface area contributed by atoms with Crippen LogP contribution in [0.25, 0.3) is 23.1 Å². The number of rotatable bonds is 3. The summed E-state index contributed by atoms with van der Waals surface area (Å²) in [6, 6.07) is 27.2. The molecule has 0 fully saturated rings. The Morgan fingerprint density at radius 2 is 1.06 bits per heavy atom.